The minimum absolute atomic E-state index is 0. The van der Waals surface area contributed by atoms with Gasteiger partial charge in [-0.2, -0.15) is 0 Å². The molecule has 0 saturated carbocycles. The second kappa shape index (κ2) is 4.94. The first-order chi connectivity index (χ1) is 5.63. The third-order valence-electron chi connectivity index (χ3n) is 1.79. The fourth-order valence-electron chi connectivity index (χ4n) is 1.07. The number of rotatable bonds is 2. The monoisotopic (exact) mass is 203 g/mol. The Labute approximate surface area is 83.6 Å². The molecule has 0 aliphatic rings. The zero-order chi connectivity index (χ0) is 9.14. The molecule has 4 N–H and O–H groups in total. The van der Waals surface area contributed by atoms with Gasteiger partial charge >= 0.3 is 0 Å². The summed E-state index contributed by atoms with van der Waals surface area (Å²) < 4.78 is 0. The second-order valence-corrected chi connectivity index (χ2v) is 2.80. The van der Waals surface area contributed by atoms with Gasteiger partial charge in [-0.25, -0.2) is 0 Å². The fraction of sp³-hybridized carbons (Fsp3) is 0.333. The quantitative estimate of drug-likeness (QED) is 0.688. The van der Waals surface area contributed by atoms with Gasteiger partial charge in [-0.1, -0.05) is 6.92 Å². The minimum atomic E-state index is -0.122. The van der Waals surface area contributed by atoms with Crippen molar-refractivity contribution in [1.82, 2.24) is 0 Å². The highest BCUT2D eigenvalue weighted by Crippen LogP contribution is 2.24. The molecule has 0 aromatic heterocycles. The average Bonchev–Trinajstić information content (AvgIpc) is 2.01. The van der Waals surface area contributed by atoms with Crippen molar-refractivity contribution in [2.24, 2.45) is 5.73 Å². The average molecular weight is 204 g/mol. The van der Waals surface area contributed by atoms with Crippen LogP contribution < -0.4 is 5.73 Å². The molecule has 1 aromatic carbocycles. The van der Waals surface area contributed by atoms with Gasteiger partial charge in [-0.05, 0) is 24.1 Å². The van der Waals surface area contributed by atoms with Crippen molar-refractivity contribution in [2.75, 3.05) is 0 Å². The van der Waals surface area contributed by atoms with Gasteiger partial charge < -0.3 is 15.9 Å². The molecular weight excluding hydrogens is 190 g/mol. The number of halogens is 1. The molecule has 0 aliphatic carbocycles. The molecule has 0 unspecified atom stereocenters. The van der Waals surface area contributed by atoms with E-state index in [2.05, 4.69) is 0 Å². The first-order valence-electron chi connectivity index (χ1n) is 3.92. The number of benzene rings is 1. The van der Waals surface area contributed by atoms with Gasteiger partial charge in [0.25, 0.3) is 0 Å². The number of nitrogens with two attached hydrogens (primary N) is 1. The molecule has 0 amide bonds. The van der Waals surface area contributed by atoms with Gasteiger partial charge in [0.15, 0.2) is 0 Å². The smallest absolute Gasteiger partial charge is 0.119 e. The molecule has 1 aromatic rings. The van der Waals surface area contributed by atoms with Crippen LogP contribution in [-0.4, -0.2) is 10.2 Å². The maximum atomic E-state index is 9.12. The molecule has 0 aliphatic heterocycles. The normalized spacial score (nSPS) is 11.8. The Bertz CT molecular complexity index is 258. The van der Waals surface area contributed by atoms with Crippen LogP contribution in [0.1, 0.15) is 24.9 Å². The van der Waals surface area contributed by atoms with Crippen molar-refractivity contribution in [3.05, 3.63) is 23.8 Å². The van der Waals surface area contributed by atoms with Crippen molar-refractivity contribution < 1.29 is 10.2 Å². The summed E-state index contributed by atoms with van der Waals surface area (Å²) in [7, 11) is 0. The molecule has 74 valence electrons. The van der Waals surface area contributed by atoms with E-state index in [0.717, 1.165) is 12.0 Å². The number of hydrogen-bond donors (Lipinski definition) is 3. The number of phenols is 2. The van der Waals surface area contributed by atoms with Gasteiger partial charge in [-0.3, -0.25) is 0 Å². The zero-order valence-corrected chi connectivity index (χ0v) is 8.21. The van der Waals surface area contributed by atoms with Gasteiger partial charge in [0, 0.05) is 12.1 Å². The van der Waals surface area contributed by atoms with Crippen LogP contribution in [0, 0.1) is 0 Å². The summed E-state index contributed by atoms with van der Waals surface area (Å²) in [4.78, 5) is 0. The number of hydrogen-bond acceptors (Lipinski definition) is 3. The van der Waals surface area contributed by atoms with E-state index in [1.807, 2.05) is 6.92 Å². The Morgan fingerprint density at radius 1 is 1.23 bits per heavy atom. The Balaban J connectivity index is 0.00000144. The molecular formula is C9H14ClNO2. The van der Waals surface area contributed by atoms with Crippen LogP contribution in [-0.2, 0) is 0 Å². The van der Waals surface area contributed by atoms with Gasteiger partial charge in [0.2, 0.25) is 0 Å². The van der Waals surface area contributed by atoms with E-state index in [-0.39, 0.29) is 29.9 Å². The molecule has 0 heterocycles. The first-order valence-corrected chi connectivity index (χ1v) is 3.92. The van der Waals surface area contributed by atoms with E-state index in [1.165, 1.54) is 6.07 Å². The summed E-state index contributed by atoms with van der Waals surface area (Å²) >= 11 is 0. The Kier molecular flexibility index (Phi) is 4.59. The molecule has 3 nitrogen and oxygen atoms in total. The van der Waals surface area contributed by atoms with Gasteiger partial charge in [-0.15, -0.1) is 12.4 Å². The lowest BCUT2D eigenvalue weighted by molar-refractivity contribution is 0.447. The Morgan fingerprint density at radius 3 is 2.08 bits per heavy atom. The van der Waals surface area contributed by atoms with Gasteiger partial charge in [0.1, 0.15) is 11.5 Å². The van der Waals surface area contributed by atoms with Crippen molar-refractivity contribution in [2.45, 2.75) is 19.4 Å². The zero-order valence-electron chi connectivity index (χ0n) is 7.40. The summed E-state index contributed by atoms with van der Waals surface area (Å²) in [5.41, 5.74) is 6.47. The van der Waals surface area contributed by atoms with Crippen molar-refractivity contribution >= 4 is 12.4 Å². The highest BCUT2D eigenvalue weighted by molar-refractivity contribution is 5.85. The van der Waals surface area contributed by atoms with Crippen LogP contribution in [0.5, 0.6) is 11.5 Å². The maximum Gasteiger partial charge on any atom is 0.119 e. The summed E-state index contributed by atoms with van der Waals surface area (Å²) in [5, 5.41) is 18.2. The number of aromatic hydroxyl groups is 2. The molecule has 4 heteroatoms. The Hall–Kier alpha value is -0.930. The number of phenolic OH excluding ortho intramolecular Hbond substituents is 2. The van der Waals surface area contributed by atoms with E-state index < -0.39 is 0 Å². The summed E-state index contributed by atoms with van der Waals surface area (Å²) in [6.07, 6.45) is 0.781. The fourth-order valence-corrected chi connectivity index (χ4v) is 1.07. The molecule has 0 bridgehead atoms. The van der Waals surface area contributed by atoms with Crippen molar-refractivity contribution in [1.29, 1.82) is 0 Å². The lowest BCUT2D eigenvalue weighted by Crippen LogP contribution is -2.07. The minimum Gasteiger partial charge on any atom is -0.508 e. The molecule has 0 saturated heterocycles. The highest BCUT2D eigenvalue weighted by atomic mass is 35.5. The molecule has 0 fully saturated rings. The SMILES string of the molecule is CC[C@H](N)c1cc(O)cc(O)c1.Cl. The molecule has 1 atom stereocenters. The maximum absolute atomic E-state index is 9.12. The summed E-state index contributed by atoms with van der Waals surface area (Å²) in [6.45, 7) is 1.95. The van der Waals surface area contributed by atoms with Crippen LogP contribution in [0.15, 0.2) is 18.2 Å². The van der Waals surface area contributed by atoms with Gasteiger partial charge in [0.05, 0.1) is 0 Å². The van der Waals surface area contributed by atoms with Crippen molar-refractivity contribution in [3.8, 4) is 11.5 Å². The lowest BCUT2D eigenvalue weighted by Gasteiger charge is -2.09. The predicted molar refractivity (Wildman–Crippen MR) is 54.2 cm³/mol. The van der Waals surface area contributed by atoms with E-state index in [0.29, 0.717) is 0 Å². The summed E-state index contributed by atoms with van der Waals surface area (Å²) in [6, 6.07) is 4.29. The predicted octanol–water partition coefficient (Wildman–Crippen LogP) is 1.93. The molecule has 0 spiro atoms. The molecule has 0 radical (unpaired) electrons. The Morgan fingerprint density at radius 2 is 1.69 bits per heavy atom. The second-order valence-electron chi connectivity index (χ2n) is 2.80. The molecule has 13 heavy (non-hydrogen) atoms. The molecule has 1 rings (SSSR count). The van der Waals surface area contributed by atoms with E-state index in [4.69, 9.17) is 15.9 Å². The van der Waals surface area contributed by atoms with Crippen LogP contribution in [0.4, 0.5) is 0 Å². The lowest BCUT2D eigenvalue weighted by atomic mass is 10.1. The third kappa shape index (κ3) is 3.13. The highest BCUT2D eigenvalue weighted by Gasteiger charge is 2.05. The summed E-state index contributed by atoms with van der Waals surface area (Å²) in [5.74, 6) is 0.0998. The standard InChI is InChI=1S/C9H13NO2.ClH/c1-2-9(10)6-3-7(11)5-8(12)4-6;/h3-5,9,11-12H,2,10H2,1H3;1H/t9-;/m0./s1. The van der Waals surface area contributed by atoms with Crippen LogP contribution in [0.3, 0.4) is 0 Å². The largest absolute Gasteiger partial charge is 0.508 e. The van der Waals surface area contributed by atoms with Crippen LogP contribution in [0.2, 0.25) is 0 Å². The topological polar surface area (TPSA) is 66.5 Å². The van der Waals surface area contributed by atoms with E-state index in [1.54, 1.807) is 12.1 Å². The van der Waals surface area contributed by atoms with Crippen molar-refractivity contribution in [3.63, 3.8) is 0 Å². The third-order valence-corrected chi connectivity index (χ3v) is 1.79. The first kappa shape index (κ1) is 12.1. The van der Waals surface area contributed by atoms with E-state index >= 15 is 0 Å². The van der Waals surface area contributed by atoms with Crippen LogP contribution >= 0.6 is 12.4 Å². The van der Waals surface area contributed by atoms with Crippen LogP contribution in [0.25, 0.3) is 0 Å². The van der Waals surface area contributed by atoms with E-state index in [9.17, 15) is 0 Å².